The molecule has 6 nitrogen and oxygen atoms in total. The highest BCUT2D eigenvalue weighted by Gasteiger charge is 2.27. The van der Waals surface area contributed by atoms with Gasteiger partial charge in [-0.1, -0.05) is 18.2 Å². The Morgan fingerprint density at radius 2 is 1.68 bits per heavy atom. The summed E-state index contributed by atoms with van der Waals surface area (Å²) >= 11 is 0. The average molecular weight is 450 g/mol. The zero-order chi connectivity index (χ0) is 22.8. The molecule has 2 aromatic carbocycles. The van der Waals surface area contributed by atoms with Crippen molar-refractivity contribution in [1.29, 1.82) is 0 Å². The fourth-order valence-corrected chi connectivity index (χ4v) is 3.98. The zero-order valence-electron chi connectivity index (χ0n) is 18.2. The van der Waals surface area contributed by atoms with E-state index in [2.05, 4.69) is 0 Å². The Balaban J connectivity index is 1.59. The van der Waals surface area contributed by atoms with Gasteiger partial charge in [0.25, 0.3) is 0 Å². The fraction of sp³-hybridized carbons (Fsp3) is 0.435. The molecule has 0 aliphatic carbocycles. The first kappa shape index (κ1) is 23.1. The lowest BCUT2D eigenvalue weighted by molar-refractivity contribution is 0.0126. The number of benzene rings is 2. The third-order valence-electron chi connectivity index (χ3n) is 4.93. The van der Waals surface area contributed by atoms with Gasteiger partial charge in [-0.3, -0.25) is 0 Å². The van der Waals surface area contributed by atoms with Crippen molar-refractivity contribution in [3.05, 3.63) is 48.3 Å². The van der Waals surface area contributed by atoms with Crippen LogP contribution in [0.5, 0.6) is 5.75 Å². The van der Waals surface area contributed by atoms with Crippen molar-refractivity contribution in [2.24, 2.45) is 0 Å². The first-order valence-corrected chi connectivity index (χ1v) is 12.1. The fourth-order valence-electron chi connectivity index (χ4n) is 3.35. The Morgan fingerprint density at radius 3 is 2.19 bits per heavy atom. The van der Waals surface area contributed by atoms with Gasteiger partial charge in [0.15, 0.2) is 9.84 Å². The number of carbonyl (C=O) groups excluding carboxylic acids is 1. The van der Waals surface area contributed by atoms with E-state index < -0.39 is 21.3 Å². The highest BCUT2D eigenvalue weighted by atomic mass is 32.2. The number of nitrogens with zero attached hydrogens (tertiary/aromatic N) is 1. The van der Waals surface area contributed by atoms with Crippen LogP contribution in [-0.2, 0) is 14.6 Å². The van der Waals surface area contributed by atoms with Gasteiger partial charge < -0.3 is 14.4 Å². The Bertz CT molecular complexity index is 1040. The van der Waals surface area contributed by atoms with Crippen LogP contribution in [0.2, 0.25) is 0 Å². The highest BCUT2D eigenvalue weighted by Crippen LogP contribution is 2.28. The maximum absolute atomic E-state index is 14.4. The van der Waals surface area contributed by atoms with E-state index in [1.54, 1.807) is 29.2 Å². The molecule has 1 saturated heterocycles. The van der Waals surface area contributed by atoms with Crippen LogP contribution in [0.4, 0.5) is 9.18 Å². The normalized spacial score (nSPS) is 15.6. The molecule has 168 valence electrons. The van der Waals surface area contributed by atoms with E-state index in [1.807, 2.05) is 20.8 Å². The standard InChI is InChI=1S/C23H28FNO5S/c1-23(2,3)30-22(26)25-13-11-18(12-14-25)29-17-7-5-16(6-8-17)20-10-9-19(15-21(20)24)31(4,27)28/h5-10,15,18H,11-14H2,1-4H3. The molecule has 3 rings (SSSR count). The van der Waals surface area contributed by atoms with Gasteiger partial charge in [-0.25, -0.2) is 17.6 Å². The summed E-state index contributed by atoms with van der Waals surface area (Å²) in [6.45, 7) is 6.66. The van der Waals surface area contributed by atoms with E-state index in [0.29, 0.717) is 42.8 Å². The largest absolute Gasteiger partial charge is 0.490 e. The molecule has 2 aromatic rings. The first-order valence-electron chi connectivity index (χ1n) is 10.2. The molecule has 8 heteroatoms. The van der Waals surface area contributed by atoms with Crippen molar-refractivity contribution in [3.8, 4) is 16.9 Å². The second kappa shape index (κ2) is 8.86. The Morgan fingerprint density at radius 1 is 1.06 bits per heavy atom. The molecule has 0 radical (unpaired) electrons. The number of ether oxygens (including phenoxy) is 2. The Labute approximate surface area is 182 Å². The second-order valence-electron chi connectivity index (χ2n) is 8.72. The van der Waals surface area contributed by atoms with Crippen LogP contribution >= 0.6 is 0 Å². The number of hydrogen-bond acceptors (Lipinski definition) is 5. The summed E-state index contributed by atoms with van der Waals surface area (Å²) in [6, 6.07) is 10.9. The van der Waals surface area contributed by atoms with Crippen molar-refractivity contribution in [3.63, 3.8) is 0 Å². The van der Waals surface area contributed by atoms with Crippen molar-refractivity contribution in [2.75, 3.05) is 19.3 Å². The molecule has 1 aliphatic rings. The maximum atomic E-state index is 14.4. The summed E-state index contributed by atoms with van der Waals surface area (Å²) < 4.78 is 49.0. The lowest BCUT2D eigenvalue weighted by Gasteiger charge is -2.33. The summed E-state index contributed by atoms with van der Waals surface area (Å²) in [5.41, 5.74) is 0.436. The smallest absolute Gasteiger partial charge is 0.410 e. The minimum Gasteiger partial charge on any atom is -0.490 e. The molecule has 1 amide bonds. The summed E-state index contributed by atoms with van der Waals surface area (Å²) in [5, 5.41) is 0. The predicted octanol–water partition coefficient (Wildman–Crippen LogP) is 4.67. The molecule has 0 aromatic heterocycles. The van der Waals surface area contributed by atoms with E-state index >= 15 is 0 Å². The molecular formula is C23H28FNO5S. The number of amides is 1. The van der Waals surface area contributed by atoms with Crippen LogP contribution in [0.1, 0.15) is 33.6 Å². The van der Waals surface area contributed by atoms with Gasteiger partial charge in [-0.15, -0.1) is 0 Å². The molecule has 0 spiro atoms. The molecule has 1 heterocycles. The predicted molar refractivity (Wildman–Crippen MR) is 116 cm³/mol. The maximum Gasteiger partial charge on any atom is 0.410 e. The van der Waals surface area contributed by atoms with Crippen LogP contribution in [-0.4, -0.2) is 50.5 Å². The zero-order valence-corrected chi connectivity index (χ0v) is 19.0. The van der Waals surface area contributed by atoms with Crippen molar-refractivity contribution < 1.29 is 27.1 Å². The molecule has 31 heavy (non-hydrogen) atoms. The van der Waals surface area contributed by atoms with Gasteiger partial charge >= 0.3 is 6.09 Å². The lowest BCUT2D eigenvalue weighted by Crippen LogP contribution is -2.44. The van der Waals surface area contributed by atoms with E-state index in [0.717, 1.165) is 12.3 Å². The van der Waals surface area contributed by atoms with Gasteiger partial charge in [-0.2, -0.15) is 0 Å². The van der Waals surface area contributed by atoms with Gasteiger partial charge in [0.1, 0.15) is 23.3 Å². The number of carbonyl (C=O) groups is 1. The number of hydrogen-bond donors (Lipinski definition) is 0. The van der Waals surface area contributed by atoms with E-state index in [-0.39, 0.29) is 17.1 Å². The number of rotatable bonds is 4. The Kier molecular flexibility index (Phi) is 6.59. The molecule has 0 saturated carbocycles. The van der Waals surface area contributed by atoms with Gasteiger partial charge in [-0.05, 0) is 50.6 Å². The minimum atomic E-state index is -3.46. The minimum absolute atomic E-state index is 0.0182. The third kappa shape index (κ3) is 6.19. The van der Waals surface area contributed by atoms with Crippen LogP contribution in [0.15, 0.2) is 47.4 Å². The molecule has 0 unspecified atom stereocenters. The van der Waals surface area contributed by atoms with Crippen molar-refractivity contribution >= 4 is 15.9 Å². The lowest BCUT2D eigenvalue weighted by atomic mass is 10.0. The summed E-state index contributed by atoms with van der Waals surface area (Å²) in [7, 11) is -3.46. The number of sulfone groups is 1. The van der Waals surface area contributed by atoms with Crippen LogP contribution in [0.3, 0.4) is 0 Å². The topological polar surface area (TPSA) is 72.9 Å². The first-order chi connectivity index (χ1) is 14.4. The van der Waals surface area contributed by atoms with Crippen LogP contribution in [0.25, 0.3) is 11.1 Å². The highest BCUT2D eigenvalue weighted by molar-refractivity contribution is 7.90. The quantitative estimate of drug-likeness (QED) is 0.678. The molecule has 0 bridgehead atoms. The van der Waals surface area contributed by atoms with Gasteiger partial charge in [0.2, 0.25) is 0 Å². The second-order valence-corrected chi connectivity index (χ2v) is 10.7. The molecule has 0 N–H and O–H groups in total. The summed E-state index contributed by atoms with van der Waals surface area (Å²) in [5.74, 6) is 0.0683. The van der Waals surface area contributed by atoms with E-state index in [1.165, 1.54) is 12.1 Å². The van der Waals surface area contributed by atoms with E-state index in [4.69, 9.17) is 9.47 Å². The number of likely N-dealkylation sites (tertiary alicyclic amines) is 1. The number of halogens is 1. The van der Waals surface area contributed by atoms with Crippen LogP contribution < -0.4 is 4.74 Å². The molecule has 1 fully saturated rings. The van der Waals surface area contributed by atoms with E-state index in [9.17, 15) is 17.6 Å². The van der Waals surface area contributed by atoms with Gasteiger partial charge in [0.05, 0.1) is 4.90 Å². The molecule has 0 atom stereocenters. The summed E-state index contributed by atoms with van der Waals surface area (Å²) in [4.78, 5) is 13.8. The monoisotopic (exact) mass is 449 g/mol. The Hall–Kier alpha value is -2.61. The van der Waals surface area contributed by atoms with Crippen molar-refractivity contribution in [2.45, 2.75) is 50.2 Å². The number of piperidine rings is 1. The van der Waals surface area contributed by atoms with Gasteiger partial charge in [0, 0.05) is 37.8 Å². The summed E-state index contributed by atoms with van der Waals surface area (Å²) in [6.07, 6.45) is 2.12. The SMILES string of the molecule is CC(C)(C)OC(=O)N1CCC(Oc2ccc(-c3ccc(S(C)(=O)=O)cc3F)cc2)CC1. The molecule has 1 aliphatic heterocycles. The third-order valence-corrected chi connectivity index (χ3v) is 6.04. The van der Waals surface area contributed by atoms with Crippen molar-refractivity contribution in [1.82, 2.24) is 4.90 Å². The van der Waals surface area contributed by atoms with Crippen LogP contribution in [0, 0.1) is 5.82 Å². The average Bonchev–Trinajstić information content (AvgIpc) is 2.67. The molecular weight excluding hydrogens is 421 g/mol.